The van der Waals surface area contributed by atoms with Crippen LogP contribution in [0.15, 0.2) is 65.6 Å². The number of H-pyrrole nitrogens is 2. The van der Waals surface area contributed by atoms with Gasteiger partial charge in [-0.25, -0.2) is 9.88 Å². The van der Waals surface area contributed by atoms with E-state index < -0.39 is 11.9 Å². The van der Waals surface area contributed by atoms with E-state index in [1.807, 2.05) is 50.5 Å². The minimum absolute atomic E-state index is 0.236. The molecule has 238 valence electrons. The fourth-order valence-corrected chi connectivity index (χ4v) is 5.93. The highest BCUT2D eigenvalue weighted by Crippen LogP contribution is 2.32. The number of nitrogens with zero attached hydrogens (tertiary/aromatic N) is 3. The normalized spacial score (nSPS) is 17.4. The van der Waals surface area contributed by atoms with Gasteiger partial charge in [0.2, 0.25) is 11.8 Å². The molecule has 1 atom stereocenters. The molecule has 0 radical (unpaired) electrons. The summed E-state index contributed by atoms with van der Waals surface area (Å²) in [5.41, 5.74) is 15.7. The molecular weight excluding hydrogens is 570 g/mol. The lowest BCUT2D eigenvalue weighted by Crippen LogP contribution is -2.50. The molecule has 11 nitrogen and oxygen atoms in total. The number of amides is 2. The summed E-state index contributed by atoms with van der Waals surface area (Å²) in [6, 6.07) is 15.5. The standard InChI is InChI=1S/C34H43N7O4/c1-40(2)15-4-16-45-31-14-11-26(21-37-31)25-6-3-5-23(17-25)18-29(36)34(44)41(33(43)24-9-7-22(20-35)8-10-24)27-12-13-28-30(19-27)38-39-32(28)42/h3,5-6,11-14,17,19,21-22,24,29H,4,7-10,15-16,18,20,35-36H2,1-2H3,(H2,38,39,42)/t22?,24?,29-/m0/s1. The molecule has 2 heterocycles. The zero-order valence-corrected chi connectivity index (χ0v) is 26.0. The van der Waals surface area contributed by atoms with E-state index in [4.69, 9.17) is 16.2 Å². The van der Waals surface area contributed by atoms with Crippen LogP contribution in [0.2, 0.25) is 0 Å². The molecular formula is C34H43N7O4. The number of hydrogen-bond donors (Lipinski definition) is 4. The number of nitrogens with one attached hydrogen (secondary N) is 2. The summed E-state index contributed by atoms with van der Waals surface area (Å²) >= 11 is 0. The van der Waals surface area contributed by atoms with Crippen molar-refractivity contribution in [3.05, 3.63) is 76.7 Å². The number of rotatable bonds is 12. The predicted octanol–water partition coefficient (Wildman–Crippen LogP) is 3.44. The summed E-state index contributed by atoms with van der Waals surface area (Å²) in [7, 11) is 4.06. The molecule has 0 aliphatic heterocycles. The van der Waals surface area contributed by atoms with Crippen LogP contribution in [-0.2, 0) is 16.0 Å². The molecule has 0 spiro atoms. The first-order valence-corrected chi connectivity index (χ1v) is 15.6. The maximum atomic E-state index is 14.0. The Kier molecular flexibility index (Phi) is 10.4. The fraction of sp³-hybridized carbons (Fsp3) is 0.412. The number of carbonyl (C=O) groups is 2. The van der Waals surface area contributed by atoms with Crippen LogP contribution >= 0.6 is 0 Å². The predicted molar refractivity (Wildman–Crippen MR) is 176 cm³/mol. The summed E-state index contributed by atoms with van der Waals surface area (Å²) in [6.45, 7) is 2.13. The Balaban J connectivity index is 1.32. The van der Waals surface area contributed by atoms with Crippen molar-refractivity contribution in [3.63, 3.8) is 0 Å². The Morgan fingerprint density at radius 1 is 1.02 bits per heavy atom. The quantitative estimate of drug-likeness (QED) is 0.177. The monoisotopic (exact) mass is 613 g/mol. The highest BCUT2D eigenvalue weighted by atomic mass is 16.5. The molecule has 0 saturated heterocycles. The Labute approximate surface area is 262 Å². The second-order valence-electron chi connectivity index (χ2n) is 12.2. The zero-order chi connectivity index (χ0) is 31.9. The topological polar surface area (TPSA) is 163 Å². The average Bonchev–Trinajstić information content (AvgIpc) is 3.43. The Morgan fingerprint density at radius 3 is 2.53 bits per heavy atom. The number of imide groups is 1. The number of benzene rings is 2. The lowest BCUT2D eigenvalue weighted by Gasteiger charge is -2.32. The second-order valence-corrected chi connectivity index (χ2v) is 12.2. The van der Waals surface area contributed by atoms with E-state index in [-0.39, 0.29) is 23.8 Å². The SMILES string of the molecule is CN(C)CCCOc1ccc(-c2cccc(C[C@H](N)C(=O)N(C(=O)C3CCC(CN)CC3)c3ccc4c(=O)[nH][nH]c4c3)c2)cn1. The van der Waals surface area contributed by atoms with Gasteiger partial charge in [0.25, 0.3) is 11.5 Å². The number of hydrogen-bond acceptors (Lipinski definition) is 8. The van der Waals surface area contributed by atoms with Gasteiger partial charge in [0, 0.05) is 30.3 Å². The summed E-state index contributed by atoms with van der Waals surface area (Å²) in [4.78, 5) is 47.8. The fourth-order valence-electron chi connectivity index (χ4n) is 5.93. The van der Waals surface area contributed by atoms with Crippen LogP contribution in [0.1, 0.15) is 37.7 Å². The van der Waals surface area contributed by atoms with E-state index in [2.05, 4.69) is 20.1 Å². The number of nitrogens with two attached hydrogens (primary N) is 2. The number of aromatic amines is 2. The molecule has 5 rings (SSSR count). The van der Waals surface area contributed by atoms with Crippen LogP contribution in [0.3, 0.4) is 0 Å². The molecule has 2 aromatic carbocycles. The summed E-state index contributed by atoms with van der Waals surface area (Å²) < 4.78 is 5.76. The van der Waals surface area contributed by atoms with Gasteiger partial charge in [-0.3, -0.25) is 24.6 Å². The molecule has 1 aliphatic carbocycles. The van der Waals surface area contributed by atoms with Crippen molar-refractivity contribution in [2.45, 2.75) is 44.6 Å². The maximum absolute atomic E-state index is 14.0. The van der Waals surface area contributed by atoms with Gasteiger partial charge in [0.05, 0.1) is 29.2 Å². The van der Waals surface area contributed by atoms with E-state index in [9.17, 15) is 14.4 Å². The largest absolute Gasteiger partial charge is 0.478 e. The highest BCUT2D eigenvalue weighted by molar-refractivity contribution is 6.17. The zero-order valence-electron chi connectivity index (χ0n) is 26.0. The first-order chi connectivity index (χ1) is 21.7. The van der Waals surface area contributed by atoms with E-state index >= 15 is 0 Å². The third-order valence-corrected chi connectivity index (χ3v) is 8.56. The third-order valence-electron chi connectivity index (χ3n) is 8.56. The van der Waals surface area contributed by atoms with Gasteiger partial charge >= 0.3 is 0 Å². The van der Waals surface area contributed by atoms with Crippen molar-refractivity contribution in [3.8, 4) is 17.0 Å². The number of aromatic nitrogens is 3. The lowest BCUT2D eigenvalue weighted by molar-refractivity contribution is -0.130. The molecule has 1 saturated carbocycles. The first kappa shape index (κ1) is 32.1. The summed E-state index contributed by atoms with van der Waals surface area (Å²) in [6.07, 6.45) is 5.94. The minimum atomic E-state index is -0.971. The number of fused-ring (bicyclic) bond motifs is 1. The van der Waals surface area contributed by atoms with Crippen molar-refractivity contribution in [2.75, 3.05) is 38.7 Å². The summed E-state index contributed by atoms with van der Waals surface area (Å²) in [5.74, 6) is -0.0980. The average molecular weight is 614 g/mol. The van der Waals surface area contributed by atoms with E-state index in [0.717, 1.165) is 42.5 Å². The Bertz CT molecular complexity index is 1660. The smallest absolute Gasteiger partial charge is 0.271 e. The van der Waals surface area contributed by atoms with E-state index in [1.54, 1.807) is 24.4 Å². The molecule has 2 amide bonds. The molecule has 11 heteroatoms. The maximum Gasteiger partial charge on any atom is 0.271 e. The van der Waals surface area contributed by atoms with Crippen molar-refractivity contribution in [1.82, 2.24) is 20.1 Å². The van der Waals surface area contributed by atoms with Gasteiger partial charge in [-0.2, -0.15) is 0 Å². The Morgan fingerprint density at radius 2 is 1.82 bits per heavy atom. The minimum Gasteiger partial charge on any atom is -0.478 e. The molecule has 45 heavy (non-hydrogen) atoms. The van der Waals surface area contributed by atoms with E-state index in [0.29, 0.717) is 54.4 Å². The van der Waals surface area contributed by atoms with Crippen LogP contribution in [0.5, 0.6) is 5.88 Å². The van der Waals surface area contributed by atoms with Crippen LogP contribution in [-0.4, -0.2) is 71.7 Å². The van der Waals surface area contributed by atoms with Crippen molar-refractivity contribution >= 4 is 28.4 Å². The molecule has 2 aromatic heterocycles. The van der Waals surface area contributed by atoms with Gasteiger partial charge < -0.3 is 21.1 Å². The van der Waals surface area contributed by atoms with Crippen LogP contribution < -0.4 is 26.7 Å². The van der Waals surface area contributed by atoms with Gasteiger partial charge in [-0.1, -0.05) is 24.3 Å². The molecule has 0 unspecified atom stereocenters. The van der Waals surface area contributed by atoms with E-state index in [1.165, 1.54) is 4.90 Å². The van der Waals surface area contributed by atoms with Gasteiger partial charge in [0.15, 0.2) is 0 Å². The van der Waals surface area contributed by atoms with Crippen LogP contribution in [0, 0.1) is 11.8 Å². The number of pyridine rings is 1. The lowest BCUT2D eigenvalue weighted by atomic mass is 9.81. The summed E-state index contributed by atoms with van der Waals surface area (Å²) in [5, 5.41) is 5.81. The molecule has 1 fully saturated rings. The van der Waals surface area contributed by atoms with Crippen LogP contribution in [0.25, 0.3) is 22.0 Å². The molecule has 1 aliphatic rings. The van der Waals surface area contributed by atoms with Crippen molar-refractivity contribution in [1.29, 1.82) is 0 Å². The molecule has 4 aromatic rings. The highest BCUT2D eigenvalue weighted by Gasteiger charge is 2.35. The van der Waals surface area contributed by atoms with Crippen molar-refractivity contribution in [2.24, 2.45) is 23.3 Å². The second kappa shape index (κ2) is 14.6. The van der Waals surface area contributed by atoms with Gasteiger partial charge in [-0.15, -0.1) is 0 Å². The molecule has 0 bridgehead atoms. The Hall–Kier alpha value is -4.32. The van der Waals surface area contributed by atoms with Gasteiger partial charge in [0.1, 0.15) is 0 Å². The number of ether oxygens (including phenoxy) is 1. The third kappa shape index (κ3) is 7.86. The first-order valence-electron chi connectivity index (χ1n) is 15.6. The number of anilines is 1. The van der Waals surface area contributed by atoms with Crippen molar-refractivity contribution < 1.29 is 14.3 Å². The van der Waals surface area contributed by atoms with Crippen LogP contribution in [0.4, 0.5) is 5.69 Å². The number of carbonyl (C=O) groups excluding carboxylic acids is 2. The molecule has 6 N–H and O–H groups in total. The van der Waals surface area contributed by atoms with Gasteiger partial charge in [-0.05, 0) is 100 Å².